The fraction of sp³-hybridized carbons (Fsp3) is 0.385. The van der Waals surface area contributed by atoms with Crippen LogP contribution >= 0.6 is 8.25 Å². The van der Waals surface area contributed by atoms with Crippen LogP contribution in [0.3, 0.4) is 0 Å². The first-order chi connectivity index (χ1) is 9.85. The quantitative estimate of drug-likeness (QED) is 0.596. The fourth-order valence-corrected chi connectivity index (χ4v) is 2.52. The second kappa shape index (κ2) is 7.83. The predicted molar refractivity (Wildman–Crippen MR) is 72.9 cm³/mol. The van der Waals surface area contributed by atoms with Crippen LogP contribution in [-0.4, -0.2) is 32.6 Å². The van der Waals surface area contributed by atoms with Crippen LogP contribution in [-0.2, 0) is 25.1 Å². The largest absolute Gasteiger partial charge is 0.695 e. The minimum absolute atomic E-state index is 0.0254. The number of aliphatic carboxylic acids is 2. The van der Waals surface area contributed by atoms with Crippen LogP contribution < -0.4 is 0 Å². The van der Waals surface area contributed by atoms with Gasteiger partial charge in [-0.2, -0.15) is 0 Å². The van der Waals surface area contributed by atoms with Crippen LogP contribution in [0, 0.1) is 0 Å². The van der Waals surface area contributed by atoms with Gasteiger partial charge in [-0.1, -0.05) is 30.3 Å². The minimum atomic E-state index is -3.13. The van der Waals surface area contributed by atoms with E-state index >= 15 is 0 Å². The zero-order chi connectivity index (χ0) is 15.9. The number of hydrogen-bond acceptors (Lipinski definition) is 4. The Hall–Kier alpha value is -1.82. The van der Waals surface area contributed by atoms with Gasteiger partial charge in [0.2, 0.25) is 5.60 Å². The van der Waals surface area contributed by atoms with Crippen molar-refractivity contribution in [3.8, 4) is 0 Å². The van der Waals surface area contributed by atoms with Gasteiger partial charge in [-0.05, 0) is 18.4 Å². The molecule has 1 aromatic rings. The van der Waals surface area contributed by atoms with Crippen LogP contribution in [0.1, 0.15) is 24.8 Å². The van der Waals surface area contributed by atoms with Crippen molar-refractivity contribution in [3.05, 3.63) is 35.9 Å². The van der Waals surface area contributed by atoms with Gasteiger partial charge >= 0.3 is 20.2 Å². The molecule has 7 nitrogen and oxygen atoms in total. The Morgan fingerprint density at radius 3 is 2.29 bits per heavy atom. The number of carbonyl (C=O) groups is 2. The molecule has 0 heterocycles. The van der Waals surface area contributed by atoms with E-state index in [0.29, 0.717) is 5.56 Å². The molecule has 0 aromatic heterocycles. The summed E-state index contributed by atoms with van der Waals surface area (Å²) >= 11 is 0. The van der Waals surface area contributed by atoms with Crippen LogP contribution in [0.15, 0.2) is 30.3 Å². The second-order valence-corrected chi connectivity index (χ2v) is 5.20. The minimum Gasteiger partial charge on any atom is -0.481 e. The van der Waals surface area contributed by atoms with Gasteiger partial charge in [0.05, 0.1) is 0 Å². The van der Waals surface area contributed by atoms with Crippen molar-refractivity contribution < 1.29 is 33.8 Å². The molecule has 0 aliphatic rings. The molecule has 0 radical (unpaired) electrons. The molecule has 0 aliphatic carbocycles. The highest BCUT2D eigenvalue weighted by molar-refractivity contribution is 7.32. The third-order valence-corrected chi connectivity index (χ3v) is 3.45. The molecule has 2 unspecified atom stereocenters. The van der Waals surface area contributed by atoms with E-state index < -0.39 is 25.8 Å². The lowest BCUT2D eigenvalue weighted by molar-refractivity contribution is -0.156. The Labute approximate surface area is 122 Å². The van der Waals surface area contributed by atoms with E-state index in [0.717, 1.165) is 0 Å². The summed E-state index contributed by atoms with van der Waals surface area (Å²) in [6.07, 6.45) is -0.511. The van der Waals surface area contributed by atoms with Crippen molar-refractivity contribution in [2.24, 2.45) is 0 Å². The van der Waals surface area contributed by atoms with Crippen molar-refractivity contribution in [1.82, 2.24) is 0 Å². The molecule has 8 heteroatoms. The predicted octanol–water partition coefficient (Wildman–Crippen LogP) is 1.97. The summed E-state index contributed by atoms with van der Waals surface area (Å²) in [5.41, 5.74) is -1.30. The SMILES string of the molecule is O=C(O)CCCC(Cc1ccccc1)(O[P+](=O)O)C(=O)O. The lowest BCUT2D eigenvalue weighted by atomic mass is 9.89. The number of benzene rings is 1. The van der Waals surface area contributed by atoms with Crippen molar-refractivity contribution in [3.63, 3.8) is 0 Å². The fourth-order valence-electron chi connectivity index (χ4n) is 1.99. The molecule has 0 saturated carbocycles. The highest BCUT2D eigenvalue weighted by atomic mass is 31.1. The summed E-state index contributed by atoms with van der Waals surface area (Å²) in [6, 6.07) is 8.51. The van der Waals surface area contributed by atoms with Gasteiger partial charge in [0.15, 0.2) is 0 Å². The van der Waals surface area contributed by atoms with Crippen molar-refractivity contribution in [1.29, 1.82) is 0 Å². The normalized spacial score (nSPS) is 14.2. The molecule has 0 saturated heterocycles. The first-order valence-corrected chi connectivity index (χ1v) is 7.33. The molecule has 3 N–H and O–H groups in total. The number of hydrogen-bond donors (Lipinski definition) is 3. The molecule has 0 fully saturated rings. The van der Waals surface area contributed by atoms with Gasteiger partial charge in [0.1, 0.15) is 0 Å². The Morgan fingerprint density at radius 2 is 1.81 bits per heavy atom. The molecule has 2 atom stereocenters. The Kier molecular flexibility index (Phi) is 6.42. The molecule has 1 aromatic carbocycles. The van der Waals surface area contributed by atoms with Crippen LogP contribution in [0.25, 0.3) is 0 Å². The standard InChI is InChI=1S/C13H15O7P/c14-11(15)7-4-8-13(12(16)17,20-21(18)19)9-10-5-2-1-3-6-10/h1-3,5-6H,4,7-9H2,(H2-,14,15,16,17,18,19)/p+1. The van der Waals surface area contributed by atoms with Crippen molar-refractivity contribution in [2.45, 2.75) is 31.3 Å². The molecule has 0 aliphatic heterocycles. The number of carboxylic acids is 2. The highest BCUT2D eigenvalue weighted by Gasteiger charge is 2.47. The lowest BCUT2D eigenvalue weighted by Gasteiger charge is -2.22. The molecule has 1 rings (SSSR count). The molecule has 114 valence electrons. The van der Waals surface area contributed by atoms with Gasteiger partial charge in [0.25, 0.3) is 0 Å². The zero-order valence-electron chi connectivity index (χ0n) is 11.1. The van der Waals surface area contributed by atoms with E-state index in [1.807, 2.05) is 0 Å². The van der Waals surface area contributed by atoms with Gasteiger partial charge in [-0.25, -0.2) is 4.79 Å². The van der Waals surface area contributed by atoms with E-state index in [1.54, 1.807) is 30.3 Å². The molecule has 0 spiro atoms. The number of carboxylic acid groups (broad SMARTS) is 2. The average Bonchev–Trinajstić information content (AvgIpc) is 2.38. The van der Waals surface area contributed by atoms with Crippen LogP contribution in [0.2, 0.25) is 0 Å². The maximum atomic E-state index is 11.5. The average molecular weight is 315 g/mol. The topological polar surface area (TPSA) is 121 Å². The smallest absolute Gasteiger partial charge is 0.481 e. The van der Waals surface area contributed by atoms with Crippen molar-refractivity contribution >= 4 is 20.2 Å². The third-order valence-electron chi connectivity index (χ3n) is 2.95. The summed E-state index contributed by atoms with van der Waals surface area (Å²) in [6.45, 7) is 0. The Morgan fingerprint density at radius 1 is 1.19 bits per heavy atom. The summed E-state index contributed by atoms with van der Waals surface area (Å²) in [5, 5.41) is 18.0. The summed E-state index contributed by atoms with van der Waals surface area (Å²) < 4.78 is 15.7. The van der Waals surface area contributed by atoms with E-state index in [2.05, 4.69) is 0 Å². The maximum Gasteiger partial charge on any atom is 0.695 e. The van der Waals surface area contributed by atoms with E-state index in [1.165, 1.54) is 0 Å². The molecule has 0 amide bonds. The van der Waals surface area contributed by atoms with Crippen LogP contribution in [0.4, 0.5) is 0 Å². The van der Waals surface area contributed by atoms with E-state index in [9.17, 15) is 19.3 Å². The van der Waals surface area contributed by atoms with Gasteiger partial charge < -0.3 is 10.2 Å². The van der Waals surface area contributed by atoms with Crippen LogP contribution in [0.5, 0.6) is 0 Å². The first kappa shape index (κ1) is 17.2. The van der Waals surface area contributed by atoms with Crippen molar-refractivity contribution in [2.75, 3.05) is 0 Å². The number of rotatable bonds is 9. The summed E-state index contributed by atoms with van der Waals surface area (Å²) in [7, 11) is -3.13. The van der Waals surface area contributed by atoms with E-state index in [4.69, 9.17) is 14.5 Å². The summed E-state index contributed by atoms with van der Waals surface area (Å²) in [5.74, 6) is -2.46. The monoisotopic (exact) mass is 315 g/mol. The second-order valence-electron chi connectivity index (χ2n) is 4.54. The molecular weight excluding hydrogens is 299 g/mol. The molecular formula is C13H16O7P+. The van der Waals surface area contributed by atoms with Gasteiger partial charge in [-0.15, -0.1) is 9.42 Å². The van der Waals surface area contributed by atoms with E-state index in [-0.39, 0.29) is 25.7 Å². The first-order valence-electron chi connectivity index (χ1n) is 6.20. The maximum absolute atomic E-state index is 11.5. The summed E-state index contributed by atoms with van der Waals surface area (Å²) in [4.78, 5) is 31.0. The Balaban J connectivity index is 2.96. The Bertz CT molecular complexity index is 517. The lowest BCUT2D eigenvalue weighted by Crippen LogP contribution is -2.42. The molecule has 21 heavy (non-hydrogen) atoms. The highest BCUT2D eigenvalue weighted by Crippen LogP contribution is 2.34. The van der Waals surface area contributed by atoms with Gasteiger partial charge in [-0.3, -0.25) is 4.79 Å². The zero-order valence-corrected chi connectivity index (χ0v) is 12.0. The third kappa shape index (κ3) is 5.59. The molecule has 0 bridgehead atoms. The van der Waals surface area contributed by atoms with Gasteiger partial charge in [0, 0.05) is 17.4 Å².